The van der Waals surface area contributed by atoms with Crippen LogP contribution in [0.3, 0.4) is 0 Å². The van der Waals surface area contributed by atoms with Crippen LogP contribution in [0.2, 0.25) is 0 Å². The van der Waals surface area contributed by atoms with Crippen LogP contribution >= 0.6 is 0 Å². The molecule has 0 aromatic heterocycles. The van der Waals surface area contributed by atoms with Crippen molar-refractivity contribution in [2.75, 3.05) is 13.2 Å². The molecule has 1 amide bonds. The molecule has 7 unspecified atom stereocenters. The molecule has 8 heteroatoms. The van der Waals surface area contributed by atoms with E-state index in [0.717, 1.165) is 38.5 Å². The molecule has 0 saturated heterocycles. The van der Waals surface area contributed by atoms with Crippen LogP contribution < -0.4 is 5.32 Å². The van der Waals surface area contributed by atoms with Crippen LogP contribution in [-0.2, 0) is 9.53 Å². The monoisotopic (exact) mass is 840 g/mol. The van der Waals surface area contributed by atoms with Gasteiger partial charge in [-0.25, -0.2) is 0 Å². The Hall–Kier alpha value is -0.770. The molecular formula is C51H101NO7. The second-order valence-corrected chi connectivity index (χ2v) is 18.8. The maximum Gasteiger partial charge on any atom is 0.220 e. The van der Waals surface area contributed by atoms with E-state index in [9.17, 15) is 30.3 Å². The predicted molar refractivity (Wildman–Crippen MR) is 248 cm³/mol. The van der Waals surface area contributed by atoms with E-state index in [1.165, 1.54) is 193 Å². The Morgan fingerprint density at radius 3 is 1.20 bits per heavy atom. The minimum absolute atomic E-state index is 0.00651. The standard InChI is InChI=1S/C51H101NO7/c1-3-5-7-9-11-13-15-17-18-19-20-21-22-23-24-25-26-28-30-32-34-36-38-40-48(55)52-45(43-59-47-41-44(42-53)49(56)51(58)50(47)57)46(54)39-37-35-33-31-29-27-16-14-12-10-8-6-4-2/h44-47,49-51,53-54,56-58H,3-43H2,1-2H3,(H,52,55). The van der Waals surface area contributed by atoms with Crippen molar-refractivity contribution < 1.29 is 35.1 Å². The summed E-state index contributed by atoms with van der Waals surface area (Å²) in [5.74, 6) is -0.708. The van der Waals surface area contributed by atoms with E-state index in [4.69, 9.17) is 4.74 Å². The molecule has 7 atom stereocenters. The smallest absolute Gasteiger partial charge is 0.220 e. The van der Waals surface area contributed by atoms with Crippen LogP contribution in [0.1, 0.15) is 264 Å². The summed E-state index contributed by atoms with van der Waals surface area (Å²) in [6.45, 7) is 4.21. The number of hydrogen-bond acceptors (Lipinski definition) is 7. The minimum Gasteiger partial charge on any atom is -0.396 e. The van der Waals surface area contributed by atoms with Gasteiger partial charge >= 0.3 is 0 Å². The van der Waals surface area contributed by atoms with Gasteiger partial charge in [0.1, 0.15) is 12.2 Å². The van der Waals surface area contributed by atoms with Crippen LogP contribution in [0.5, 0.6) is 0 Å². The summed E-state index contributed by atoms with van der Waals surface area (Å²) in [4.78, 5) is 13.0. The van der Waals surface area contributed by atoms with E-state index in [1.54, 1.807) is 0 Å². The Bertz CT molecular complexity index is 890. The second-order valence-electron chi connectivity index (χ2n) is 18.8. The summed E-state index contributed by atoms with van der Waals surface area (Å²) in [5.41, 5.74) is 0. The maximum absolute atomic E-state index is 13.0. The van der Waals surface area contributed by atoms with Crippen molar-refractivity contribution >= 4 is 5.91 Å². The van der Waals surface area contributed by atoms with Gasteiger partial charge in [0.25, 0.3) is 0 Å². The normalized spacial score (nSPS) is 20.6. The molecule has 0 aliphatic heterocycles. The van der Waals surface area contributed by atoms with Gasteiger partial charge in [-0.05, 0) is 19.3 Å². The van der Waals surface area contributed by atoms with Crippen LogP contribution in [0.4, 0.5) is 0 Å². The number of rotatable bonds is 44. The third kappa shape index (κ3) is 31.7. The lowest BCUT2D eigenvalue weighted by Crippen LogP contribution is -2.56. The SMILES string of the molecule is CCCCCCCCCCCCCCCCCCCCCCCCCC(=O)NC(COC1CC(CO)C(O)C(O)C1O)C(O)CCCCCCCCCCCCCCC. The number of nitrogens with one attached hydrogen (secondary N) is 1. The molecule has 59 heavy (non-hydrogen) atoms. The van der Waals surface area contributed by atoms with Crippen molar-refractivity contribution in [3.63, 3.8) is 0 Å². The molecule has 6 N–H and O–H groups in total. The number of hydrogen-bond donors (Lipinski definition) is 6. The first-order valence-corrected chi connectivity index (χ1v) is 26.1. The quantitative estimate of drug-likeness (QED) is 0.0336. The molecule has 0 spiro atoms. The van der Waals surface area contributed by atoms with Gasteiger partial charge in [0, 0.05) is 18.9 Å². The van der Waals surface area contributed by atoms with Crippen LogP contribution in [0.15, 0.2) is 0 Å². The van der Waals surface area contributed by atoms with Crippen molar-refractivity contribution in [2.24, 2.45) is 5.92 Å². The highest BCUT2D eigenvalue weighted by Crippen LogP contribution is 2.28. The average Bonchev–Trinajstić information content (AvgIpc) is 3.23. The topological polar surface area (TPSA) is 139 Å². The van der Waals surface area contributed by atoms with Crippen LogP contribution in [0.25, 0.3) is 0 Å². The van der Waals surface area contributed by atoms with E-state index >= 15 is 0 Å². The Balaban J connectivity index is 2.21. The first-order chi connectivity index (χ1) is 28.8. The van der Waals surface area contributed by atoms with E-state index in [0.29, 0.717) is 12.8 Å². The number of amides is 1. The van der Waals surface area contributed by atoms with E-state index in [-0.39, 0.29) is 25.5 Å². The highest BCUT2D eigenvalue weighted by atomic mass is 16.5. The molecule has 0 aromatic carbocycles. The zero-order valence-corrected chi connectivity index (χ0v) is 39.1. The molecule has 0 bridgehead atoms. The number of carbonyl (C=O) groups is 1. The molecule has 352 valence electrons. The molecule has 1 fully saturated rings. The Morgan fingerprint density at radius 2 is 0.847 bits per heavy atom. The summed E-state index contributed by atoms with van der Waals surface area (Å²) in [7, 11) is 0. The number of aliphatic hydroxyl groups excluding tert-OH is 5. The van der Waals surface area contributed by atoms with Gasteiger partial charge in [0.05, 0.1) is 31.0 Å². The molecule has 1 rings (SSSR count). The van der Waals surface area contributed by atoms with E-state index in [1.807, 2.05) is 0 Å². The van der Waals surface area contributed by atoms with Gasteiger partial charge in [0.2, 0.25) is 5.91 Å². The lowest BCUT2D eigenvalue weighted by atomic mass is 9.81. The fourth-order valence-electron chi connectivity index (χ4n) is 9.03. The number of carbonyl (C=O) groups excluding carboxylic acids is 1. The molecular weight excluding hydrogens is 739 g/mol. The van der Waals surface area contributed by atoms with Gasteiger partial charge in [0.15, 0.2) is 0 Å². The summed E-state index contributed by atoms with van der Waals surface area (Å²) in [5, 5.41) is 55.0. The largest absolute Gasteiger partial charge is 0.396 e. The molecule has 0 aromatic rings. The first kappa shape index (κ1) is 56.2. The van der Waals surface area contributed by atoms with Gasteiger partial charge in [-0.3, -0.25) is 4.79 Å². The first-order valence-electron chi connectivity index (χ1n) is 26.1. The highest BCUT2D eigenvalue weighted by molar-refractivity contribution is 5.76. The van der Waals surface area contributed by atoms with E-state index < -0.39 is 42.5 Å². The third-order valence-electron chi connectivity index (χ3n) is 13.2. The van der Waals surface area contributed by atoms with Crippen LogP contribution in [-0.4, -0.2) is 81.2 Å². The Labute approximate surface area is 365 Å². The molecule has 1 aliphatic carbocycles. The van der Waals surface area contributed by atoms with E-state index in [2.05, 4.69) is 19.2 Å². The summed E-state index contributed by atoms with van der Waals surface area (Å²) < 4.78 is 6.00. The average molecular weight is 840 g/mol. The Kier molecular flexibility index (Phi) is 39.3. The van der Waals surface area contributed by atoms with Gasteiger partial charge < -0.3 is 35.6 Å². The molecule has 1 saturated carbocycles. The highest BCUT2D eigenvalue weighted by Gasteiger charge is 2.43. The minimum atomic E-state index is -1.42. The lowest BCUT2D eigenvalue weighted by molar-refractivity contribution is -0.181. The number of aliphatic hydroxyl groups is 5. The zero-order valence-electron chi connectivity index (χ0n) is 39.1. The Morgan fingerprint density at radius 1 is 0.508 bits per heavy atom. The van der Waals surface area contributed by atoms with Crippen molar-refractivity contribution in [2.45, 2.75) is 301 Å². The lowest BCUT2D eigenvalue weighted by Gasteiger charge is -2.40. The third-order valence-corrected chi connectivity index (χ3v) is 13.2. The van der Waals surface area contributed by atoms with Crippen molar-refractivity contribution in [3.05, 3.63) is 0 Å². The fourth-order valence-corrected chi connectivity index (χ4v) is 9.03. The molecule has 0 heterocycles. The van der Waals surface area contributed by atoms with Crippen molar-refractivity contribution in [1.29, 1.82) is 0 Å². The molecule has 8 nitrogen and oxygen atoms in total. The molecule has 0 radical (unpaired) electrons. The van der Waals surface area contributed by atoms with Crippen molar-refractivity contribution in [1.82, 2.24) is 5.32 Å². The predicted octanol–water partition coefficient (Wildman–Crippen LogP) is 12.2. The van der Waals surface area contributed by atoms with Gasteiger partial charge in [-0.1, -0.05) is 239 Å². The van der Waals surface area contributed by atoms with Crippen molar-refractivity contribution in [3.8, 4) is 0 Å². The number of ether oxygens (including phenoxy) is 1. The summed E-state index contributed by atoms with van der Waals surface area (Å²) in [6.07, 6.45) is 42.6. The van der Waals surface area contributed by atoms with Gasteiger partial charge in [-0.2, -0.15) is 0 Å². The van der Waals surface area contributed by atoms with Crippen LogP contribution in [0, 0.1) is 5.92 Å². The second kappa shape index (κ2) is 41.3. The fraction of sp³-hybridized carbons (Fsp3) is 0.980. The number of unbranched alkanes of at least 4 members (excludes halogenated alkanes) is 34. The summed E-state index contributed by atoms with van der Waals surface area (Å²) >= 11 is 0. The molecule has 1 aliphatic rings. The van der Waals surface area contributed by atoms with Gasteiger partial charge in [-0.15, -0.1) is 0 Å². The maximum atomic E-state index is 13.0. The zero-order chi connectivity index (χ0) is 43.0. The summed E-state index contributed by atoms with van der Waals surface area (Å²) in [6, 6.07) is -0.631.